The Morgan fingerprint density at radius 3 is 2.61 bits per heavy atom. The molecule has 1 aromatic rings. The lowest BCUT2D eigenvalue weighted by molar-refractivity contribution is 0.234. The summed E-state index contributed by atoms with van der Waals surface area (Å²) in [7, 11) is 0. The van der Waals surface area contributed by atoms with E-state index in [1.807, 2.05) is 24.3 Å². The molecule has 0 aliphatic heterocycles. The molecule has 0 aromatic heterocycles. The number of halogens is 1. The van der Waals surface area contributed by atoms with Gasteiger partial charge in [0.25, 0.3) is 0 Å². The zero-order valence-electron chi connectivity index (χ0n) is 10.8. The maximum Gasteiger partial charge on any atom is 0.120 e. The SMILES string of the molecule is NC(COc1cccc(Cl)c1)C1CCCCCC1. The van der Waals surface area contributed by atoms with Crippen LogP contribution < -0.4 is 10.5 Å². The molecule has 2 nitrogen and oxygen atoms in total. The summed E-state index contributed by atoms with van der Waals surface area (Å²) in [6, 6.07) is 7.64. The van der Waals surface area contributed by atoms with Crippen molar-refractivity contribution in [3.05, 3.63) is 29.3 Å². The zero-order valence-corrected chi connectivity index (χ0v) is 11.5. The van der Waals surface area contributed by atoms with Crippen molar-refractivity contribution in [2.75, 3.05) is 6.61 Å². The molecule has 0 spiro atoms. The molecule has 1 fully saturated rings. The first-order valence-electron chi connectivity index (χ1n) is 6.89. The van der Waals surface area contributed by atoms with Crippen LogP contribution in [-0.4, -0.2) is 12.6 Å². The van der Waals surface area contributed by atoms with Crippen molar-refractivity contribution in [3.63, 3.8) is 0 Å². The summed E-state index contributed by atoms with van der Waals surface area (Å²) >= 11 is 5.92. The quantitative estimate of drug-likeness (QED) is 0.837. The van der Waals surface area contributed by atoms with Crippen LogP contribution >= 0.6 is 11.6 Å². The summed E-state index contributed by atoms with van der Waals surface area (Å²) in [6.45, 7) is 0.588. The summed E-state index contributed by atoms with van der Waals surface area (Å²) in [4.78, 5) is 0. The van der Waals surface area contributed by atoms with Crippen molar-refractivity contribution >= 4 is 11.6 Å². The van der Waals surface area contributed by atoms with Crippen molar-refractivity contribution in [1.82, 2.24) is 0 Å². The number of rotatable bonds is 4. The van der Waals surface area contributed by atoms with Gasteiger partial charge in [0.05, 0.1) is 0 Å². The van der Waals surface area contributed by atoms with Crippen molar-refractivity contribution in [3.8, 4) is 5.75 Å². The van der Waals surface area contributed by atoms with Gasteiger partial charge in [-0.2, -0.15) is 0 Å². The summed E-state index contributed by atoms with van der Waals surface area (Å²) in [5.74, 6) is 1.43. The second-order valence-electron chi connectivity index (χ2n) is 5.18. The maximum absolute atomic E-state index is 6.25. The van der Waals surface area contributed by atoms with Crippen LogP contribution in [0.2, 0.25) is 5.02 Å². The molecule has 1 saturated carbocycles. The third-order valence-corrected chi connectivity index (χ3v) is 3.98. The fourth-order valence-electron chi connectivity index (χ4n) is 2.62. The average Bonchev–Trinajstić information content (AvgIpc) is 2.65. The van der Waals surface area contributed by atoms with Crippen LogP contribution in [0.1, 0.15) is 38.5 Å². The van der Waals surface area contributed by atoms with E-state index < -0.39 is 0 Å². The Bertz CT molecular complexity index is 361. The highest BCUT2D eigenvalue weighted by Crippen LogP contribution is 2.25. The Balaban J connectivity index is 1.81. The highest BCUT2D eigenvalue weighted by Gasteiger charge is 2.19. The van der Waals surface area contributed by atoms with Gasteiger partial charge in [-0.25, -0.2) is 0 Å². The molecule has 0 heterocycles. The van der Waals surface area contributed by atoms with E-state index in [0.717, 1.165) is 5.75 Å². The third kappa shape index (κ3) is 4.18. The maximum atomic E-state index is 6.25. The second-order valence-corrected chi connectivity index (χ2v) is 5.62. The second kappa shape index (κ2) is 7.01. The number of hydrogen-bond acceptors (Lipinski definition) is 2. The van der Waals surface area contributed by atoms with Crippen LogP contribution in [-0.2, 0) is 0 Å². The molecule has 0 bridgehead atoms. The van der Waals surface area contributed by atoms with E-state index >= 15 is 0 Å². The summed E-state index contributed by atoms with van der Waals surface area (Å²) in [6.07, 6.45) is 7.85. The molecule has 3 heteroatoms. The van der Waals surface area contributed by atoms with Gasteiger partial charge in [-0.05, 0) is 37.0 Å². The summed E-state index contributed by atoms with van der Waals surface area (Å²) < 4.78 is 5.73. The number of benzene rings is 1. The van der Waals surface area contributed by atoms with Gasteiger partial charge in [0.15, 0.2) is 0 Å². The van der Waals surface area contributed by atoms with Crippen molar-refractivity contribution in [1.29, 1.82) is 0 Å². The van der Waals surface area contributed by atoms with Crippen molar-refractivity contribution in [2.45, 2.75) is 44.6 Å². The lowest BCUT2D eigenvalue weighted by atomic mass is 9.93. The van der Waals surface area contributed by atoms with E-state index in [-0.39, 0.29) is 6.04 Å². The summed E-state index contributed by atoms with van der Waals surface area (Å²) in [5, 5.41) is 0.704. The van der Waals surface area contributed by atoms with Crippen LogP contribution in [0.15, 0.2) is 24.3 Å². The Hall–Kier alpha value is -0.730. The fraction of sp³-hybridized carbons (Fsp3) is 0.600. The first-order chi connectivity index (χ1) is 8.75. The van der Waals surface area contributed by atoms with Gasteiger partial charge in [0.2, 0.25) is 0 Å². The largest absolute Gasteiger partial charge is 0.492 e. The Labute approximate surface area is 114 Å². The standard InChI is InChI=1S/C15H22ClNO/c16-13-8-5-9-14(10-13)18-11-15(17)12-6-3-1-2-4-7-12/h5,8-10,12,15H,1-4,6-7,11,17H2. The molecule has 1 aliphatic rings. The smallest absolute Gasteiger partial charge is 0.120 e. The molecule has 100 valence electrons. The van der Waals surface area contributed by atoms with Gasteiger partial charge in [-0.3, -0.25) is 0 Å². The van der Waals surface area contributed by atoms with Crippen LogP contribution in [0, 0.1) is 5.92 Å². The Morgan fingerprint density at radius 2 is 1.94 bits per heavy atom. The lowest BCUT2D eigenvalue weighted by Gasteiger charge is -2.22. The zero-order chi connectivity index (χ0) is 12.8. The highest BCUT2D eigenvalue weighted by molar-refractivity contribution is 6.30. The molecule has 2 N–H and O–H groups in total. The van der Waals surface area contributed by atoms with Gasteiger partial charge >= 0.3 is 0 Å². The van der Waals surface area contributed by atoms with Crippen LogP contribution in [0.25, 0.3) is 0 Å². The van der Waals surface area contributed by atoms with Gasteiger partial charge < -0.3 is 10.5 Å². The minimum absolute atomic E-state index is 0.141. The van der Waals surface area contributed by atoms with Crippen LogP contribution in [0.3, 0.4) is 0 Å². The monoisotopic (exact) mass is 267 g/mol. The molecular formula is C15H22ClNO. The first-order valence-corrected chi connectivity index (χ1v) is 7.27. The molecule has 1 unspecified atom stereocenters. The molecule has 1 aliphatic carbocycles. The topological polar surface area (TPSA) is 35.2 Å². The third-order valence-electron chi connectivity index (χ3n) is 3.74. The summed E-state index contributed by atoms with van der Waals surface area (Å²) in [5.41, 5.74) is 6.25. The van der Waals surface area contributed by atoms with Crippen molar-refractivity contribution in [2.24, 2.45) is 11.7 Å². The molecule has 1 aromatic carbocycles. The molecule has 1 atom stereocenters. The van der Waals surface area contributed by atoms with E-state index in [1.54, 1.807) is 0 Å². The predicted molar refractivity (Wildman–Crippen MR) is 76.1 cm³/mol. The molecule has 18 heavy (non-hydrogen) atoms. The predicted octanol–water partition coefficient (Wildman–Crippen LogP) is 4.02. The normalized spacial score (nSPS) is 19.2. The minimum Gasteiger partial charge on any atom is -0.492 e. The minimum atomic E-state index is 0.141. The molecular weight excluding hydrogens is 246 g/mol. The highest BCUT2D eigenvalue weighted by atomic mass is 35.5. The van der Waals surface area contributed by atoms with E-state index in [0.29, 0.717) is 17.5 Å². The first kappa shape index (κ1) is 13.7. The van der Waals surface area contributed by atoms with Gasteiger partial charge in [-0.1, -0.05) is 43.4 Å². The van der Waals surface area contributed by atoms with Crippen LogP contribution in [0.4, 0.5) is 0 Å². The molecule has 0 amide bonds. The fourth-order valence-corrected chi connectivity index (χ4v) is 2.80. The van der Waals surface area contributed by atoms with E-state index in [1.165, 1.54) is 38.5 Å². The van der Waals surface area contributed by atoms with E-state index in [2.05, 4.69) is 0 Å². The lowest BCUT2D eigenvalue weighted by Crippen LogP contribution is -2.35. The number of hydrogen-bond donors (Lipinski definition) is 1. The van der Waals surface area contributed by atoms with Crippen LogP contribution in [0.5, 0.6) is 5.75 Å². The average molecular weight is 268 g/mol. The molecule has 0 radical (unpaired) electrons. The Morgan fingerprint density at radius 1 is 1.22 bits per heavy atom. The van der Waals surface area contributed by atoms with Crippen molar-refractivity contribution < 1.29 is 4.74 Å². The van der Waals surface area contributed by atoms with E-state index in [4.69, 9.17) is 22.1 Å². The molecule has 2 rings (SSSR count). The van der Waals surface area contributed by atoms with Gasteiger partial charge in [0, 0.05) is 11.1 Å². The number of nitrogens with two attached hydrogens (primary N) is 1. The Kier molecular flexibility index (Phi) is 5.33. The van der Waals surface area contributed by atoms with Gasteiger partial charge in [0.1, 0.15) is 12.4 Å². The van der Waals surface area contributed by atoms with E-state index in [9.17, 15) is 0 Å². The van der Waals surface area contributed by atoms with Gasteiger partial charge in [-0.15, -0.1) is 0 Å². The number of ether oxygens (including phenoxy) is 1. The molecule has 0 saturated heterocycles.